The molecule has 2 aromatic carbocycles. The number of aromatic nitrogens is 4. The molecule has 1 heterocycles. The number of hydrogen-bond donors (Lipinski definition) is 1. The van der Waals surface area contributed by atoms with Crippen LogP contribution >= 0.6 is 0 Å². The van der Waals surface area contributed by atoms with Crippen LogP contribution in [-0.2, 0) is 17.8 Å². The molecular formula is C21H25N5O2. The average molecular weight is 379 g/mol. The van der Waals surface area contributed by atoms with Crippen LogP contribution in [0.2, 0.25) is 0 Å². The Morgan fingerprint density at radius 3 is 2.61 bits per heavy atom. The molecule has 7 heteroatoms. The highest BCUT2D eigenvalue weighted by Crippen LogP contribution is 2.16. The Bertz CT molecular complexity index is 862. The van der Waals surface area contributed by atoms with Gasteiger partial charge in [0.05, 0.1) is 6.61 Å². The van der Waals surface area contributed by atoms with Crippen molar-refractivity contribution in [1.82, 2.24) is 20.2 Å². The van der Waals surface area contributed by atoms with Gasteiger partial charge in [0, 0.05) is 25.1 Å². The molecule has 0 unspecified atom stereocenters. The monoisotopic (exact) mass is 379 g/mol. The fraction of sp³-hybridized carbons (Fsp3) is 0.333. The first kappa shape index (κ1) is 19.5. The third kappa shape index (κ3) is 5.90. The Hall–Kier alpha value is -3.22. The summed E-state index contributed by atoms with van der Waals surface area (Å²) in [7, 11) is 0. The summed E-state index contributed by atoms with van der Waals surface area (Å²) in [6.45, 7) is 3.21. The van der Waals surface area contributed by atoms with Gasteiger partial charge in [-0.25, -0.2) is 4.68 Å². The van der Waals surface area contributed by atoms with Crippen LogP contribution in [-0.4, -0.2) is 32.7 Å². The maximum Gasteiger partial charge on any atom is 0.224 e. The van der Waals surface area contributed by atoms with Crippen molar-refractivity contribution >= 4 is 11.6 Å². The van der Waals surface area contributed by atoms with Gasteiger partial charge in [0.2, 0.25) is 5.91 Å². The van der Waals surface area contributed by atoms with E-state index in [-0.39, 0.29) is 5.91 Å². The van der Waals surface area contributed by atoms with E-state index in [0.29, 0.717) is 13.0 Å². The van der Waals surface area contributed by atoms with E-state index in [1.165, 1.54) is 5.56 Å². The van der Waals surface area contributed by atoms with Crippen molar-refractivity contribution in [2.24, 2.45) is 0 Å². The van der Waals surface area contributed by atoms with Crippen molar-refractivity contribution < 1.29 is 9.53 Å². The first-order valence-corrected chi connectivity index (χ1v) is 9.56. The second-order valence-electron chi connectivity index (χ2n) is 6.46. The van der Waals surface area contributed by atoms with Gasteiger partial charge in [-0.05, 0) is 53.1 Å². The lowest BCUT2D eigenvalue weighted by molar-refractivity contribution is -0.115. The number of anilines is 1. The van der Waals surface area contributed by atoms with Gasteiger partial charge < -0.3 is 10.1 Å². The molecule has 0 fully saturated rings. The highest BCUT2D eigenvalue weighted by Gasteiger charge is 2.07. The Morgan fingerprint density at radius 1 is 1.07 bits per heavy atom. The van der Waals surface area contributed by atoms with Crippen LogP contribution in [0.15, 0.2) is 54.6 Å². The Kier molecular flexibility index (Phi) is 7.12. The molecule has 1 amide bonds. The van der Waals surface area contributed by atoms with E-state index >= 15 is 0 Å². The molecule has 0 bridgehead atoms. The Morgan fingerprint density at radius 2 is 1.86 bits per heavy atom. The molecule has 0 radical (unpaired) electrons. The molecule has 0 spiro atoms. The number of amides is 1. The minimum Gasteiger partial charge on any atom is -0.494 e. The van der Waals surface area contributed by atoms with Gasteiger partial charge in [0.1, 0.15) is 5.75 Å². The summed E-state index contributed by atoms with van der Waals surface area (Å²) in [4.78, 5) is 11.4. The van der Waals surface area contributed by atoms with E-state index in [9.17, 15) is 4.79 Å². The summed E-state index contributed by atoms with van der Waals surface area (Å²) in [6.07, 6.45) is 3.02. The number of carbonyl (C=O) groups excluding carboxylic acids is 1. The molecule has 0 aliphatic heterocycles. The first-order chi connectivity index (χ1) is 13.7. The predicted molar refractivity (Wildman–Crippen MR) is 107 cm³/mol. The SMILES string of the molecule is CCC(=O)Nc1ccc(OCCCCn2nnnc2Cc2ccccc2)cc1. The summed E-state index contributed by atoms with van der Waals surface area (Å²) in [5.41, 5.74) is 1.98. The van der Waals surface area contributed by atoms with E-state index in [0.717, 1.165) is 43.1 Å². The molecule has 3 rings (SSSR count). The number of aryl methyl sites for hydroxylation is 1. The quantitative estimate of drug-likeness (QED) is 0.546. The second-order valence-corrected chi connectivity index (χ2v) is 6.46. The van der Waals surface area contributed by atoms with Crippen LogP contribution in [0.25, 0.3) is 0 Å². The average Bonchev–Trinajstić information content (AvgIpc) is 3.16. The van der Waals surface area contributed by atoms with Crippen molar-refractivity contribution in [1.29, 1.82) is 0 Å². The standard InChI is InChI=1S/C21H25N5O2/c1-2-21(27)22-18-10-12-19(13-11-18)28-15-7-6-14-26-20(23-24-25-26)16-17-8-4-3-5-9-17/h3-5,8-13H,2,6-7,14-16H2,1H3,(H,22,27). The van der Waals surface area contributed by atoms with Crippen molar-refractivity contribution in [3.8, 4) is 5.75 Å². The number of carbonyl (C=O) groups is 1. The lowest BCUT2D eigenvalue weighted by Crippen LogP contribution is -2.09. The number of nitrogens with zero attached hydrogens (tertiary/aromatic N) is 4. The lowest BCUT2D eigenvalue weighted by Gasteiger charge is -2.08. The van der Waals surface area contributed by atoms with E-state index in [1.54, 1.807) is 0 Å². The molecule has 0 saturated carbocycles. The molecule has 7 nitrogen and oxygen atoms in total. The van der Waals surface area contributed by atoms with Gasteiger partial charge in [-0.2, -0.15) is 0 Å². The number of unbranched alkanes of at least 4 members (excludes halogenated alkanes) is 1. The molecule has 0 aliphatic carbocycles. The van der Waals surface area contributed by atoms with Gasteiger partial charge in [-0.15, -0.1) is 5.10 Å². The smallest absolute Gasteiger partial charge is 0.224 e. The predicted octanol–water partition coefficient (Wildman–Crippen LogP) is 3.47. The number of tetrazole rings is 1. The number of nitrogens with one attached hydrogen (secondary N) is 1. The van der Waals surface area contributed by atoms with Crippen molar-refractivity contribution in [3.05, 3.63) is 66.0 Å². The second kappa shape index (κ2) is 10.2. The summed E-state index contributed by atoms with van der Waals surface area (Å²) in [5.74, 6) is 1.67. The van der Waals surface area contributed by atoms with Crippen molar-refractivity contribution in [2.75, 3.05) is 11.9 Å². The van der Waals surface area contributed by atoms with Gasteiger partial charge >= 0.3 is 0 Å². The lowest BCUT2D eigenvalue weighted by atomic mass is 10.1. The van der Waals surface area contributed by atoms with Gasteiger partial charge in [0.15, 0.2) is 5.82 Å². The van der Waals surface area contributed by atoms with E-state index in [1.807, 2.05) is 54.1 Å². The molecule has 0 atom stereocenters. The van der Waals surface area contributed by atoms with Crippen LogP contribution in [0.4, 0.5) is 5.69 Å². The zero-order valence-electron chi connectivity index (χ0n) is 16.0. The summed E-state index contributed by atoms with van der Waals surface area (Å²) < 4.78 is 7.62. The number of ether oxygens (including phenoxy) is 1. The normalized spacial score (nSPS) is 10.6. The molecule has 1 aromatic heterocycles. The van der Waals surface area contributed by atoms with E-state index < -0.39 is 0 Å². The molecule has 0 aliphatic rings. The van der Waals surface area contributed by atoms with Crippen LogP contribution in [0.1, 0.15) is 37.6 Å². The van der Waals surface area contributed by atoms with Crippen LogP contribution < -0.4 is 10.1 Å². The largest absolute Gasteiger partial charge is 0.494 e. The fourth-order valence-electron chi connectivity index (χ4n) is 2.74. The van der Waals surface area contributed by atoms with Crippen LogP contribution in [0.5, 0.6) is 5.75 Å². The summed E-state index contributed by atoms with van der Waals surface area (Å²) >= 11 is 0. The summed E-state index contributed by atoms with van der Waals surface area (Å²) in [6, 6.07) is 17.6. The zero-order valence-corrected chi connectivity index (χ0v) is 16.0. The third-order valence-corrected chi connectivity index (χ3v) is 4.30. The zero-order chi connectivity index (χ0) is 19.6. The minimum atomic E-state index is 0.00269. The summed E-state index contributed by atoms with van der Waals surface area (Å²) in [5, 5.41) is 14.8. The minimum absolute atomic E-state index is 0.00269. The number of benzene rings is 2. The Labute approximate surface area is 164 Å². The Balaban J connectivity index is 1.38. The van der Waals surface area contributed by atoms with E-state index in [2.05, 4.69) is 33.0 Å². The van der Waals surface area contributed by atoms with Gasteiger partial charge in [-0.3, -0.25) is 4.79 Å². The van der Waals surface area contributed by atoms with Crippen LogP contribution in [0, 0.1) is 0 Å². The molecule has 146 valence electrons. The molecule has 28 heavy (non-hydrogen) atoms. The third-order valence-electron chi connectivity index (χ3n) is 4.30. The molecule has 1 N–H and O–H groups in total. The fourth-order valence-corrected chi connectivity index (χ4v) is 2.74. The molecule has 0 saturated heterocycles. The van der Waals surface area contributed by atoms with E-state index in [4.69, 9.17) is 4.74 Å². The first-order valence-electron chi connectivity index (χ1n) is 9.56. The van der Waals surface area contributed by atoms with Crippen molar-refractivity contribution in [3.63, 3.8) is 0 Å². The molecule has 3 aromatic rings. The van der Waals surface area contributed by atoms with Gasteiger partial charge in [-0.1, -0.05) is 37.3 Å². The highest BCUT2D eigenvalue weighted by molar-refractivity contribution is 5.90. The molecular weight excluding hydrogens is 354 g/mol. The van der Waals surface area contributed by atoms with Crippen LogP contribution in [0.3, 0.4) is 0 Å². The number of hydrogen-bond acceptors (Lipinski definition) is 5. The maximum atomic E-state index is 11.4. The highest BCUT2D eigenvalue weighted by atomic mass is 16.5. The van der Waals surface area contributed by atoms with Gasteiger partial charge in [0.25, 0.3) is 0 Å². The maximum absolute atomic E-state index is 11.4. The topological polar surface area (TPSA) is 81.9 Å². The van der Waals surface area contributed by atoms with Crippen molar-refractivity contribution in [2.45, 2.75) is 39.2 Å². The number of rotatable bonds is 10.